The van der Waals surface area contributed by atoms with Gasteiger partial charge < -0.3 is 4.90 Å². The Labute approximate surface area is 107 Å². The Morgan fingerprint density at radius 1 is 1.35 bits per heavy atom. The molecule has 0 aromatic carbocycles. The summed E-state index contributed by atoms with van der Waals surface area (Å²) in [6.45, 7) is 10.5. The zero-order valence-corrected chi connectivity index (χ0v) is 12.2. The summed E-state index contributed by atoms with van der Waals surface area (Å²) < 4.78 is 0. The smallest absolute Gasteiger partial charge is 0.103 e. The van der Waals surface area contributed by atoms with Gasteiger partial charge in [0.25, 0.3) is 0 Å². The van der Waals surface area contributed by atoms with Crippen LogP contribution in [-0.2, 0) is 0 Å². The van der Waals surface area contributed by atoms with Gasteiger partial charge in [0.15, 0.2) is 0 Å². The number of nitriles is 1. The third-order valence-corrected chi connectivity index (χ3v) is 3.59. The molecule has 2 atom stereocenters. The zero-order chi connectivity index (χ0) is 13.3. The van der Waals surface area contributed by atoms with Gasteiger partial charge >= 0.3 is 0 Å². The Morgan fingerprint density at radius 2 is 2.00 bits per heavy atom. The van der Waals surface area contributed by atoms with Crippen molar-refractivity contribution in [1.29, 1.82) is 5.26 Å². The Kier molecular flexibility index (Phi) is 8.20. The first kappa shape index (κ1) is 16.4. The standard InChI is InChI=1S/C14H29N3/c1-6-13(3)17(5)11-9-8-10-14(4,12-15)16-7-2/h13,16H,6-11H2,1-5H3. The molecular weight excluding hydrogens is 210 g/mol. The van der Waals surface area contributed by atoms with Crippen LogP contribution in [0.2, 0.25) is 0 Å². The normalized spacial score (nSPS) is 16.5. The molecule has 17 heavy (non-hydrogen) atoms. The van der Waals surface area contributed by atoms with E-state index < -0.39 is 0 Å². The summed E-state index contributed by atoms with van der Waals surface area (Å²) >= 11 is 0. The minimum absolute atomic E-state index is 0.344. The number of unbranched alkanes of at least 4 members (excludes halogenated alkanes) is 1. The molecule has 0 fully saturated rings. The Bertz CT molecular complexity index is 234. The molecule has 1 N–H and O–H groups in total. The van der Waals surface area contributed by atoms with Crippen LogP contribution in [0, 0.1) is 11.3 Å². The molecule has 0 bridgehead atoms. The van der Waals surface area contributed by atoms with Crippen molar-refractivity contribution in [2.75, 3.05) is 20.1 Å². The highest BCUT2D eigenvalue weighted by atomic mass is 15.1. The van der Waals surface area contributed by atoms with Gasteiger partial charge in [0.05, 0.1) is 6.07 Å². The summed E-state index contributed by atoms with van der Waals surface area (Å²) in [4.78, 5) is 2.40. The molecule has 3 heteroatoms. The van der Waals surface area contributed by atoms with Gasteiger partial charge in [-0.3, -0.25) is 5.32 Å². The predicted octanol–water partition coefficient (Wildman–Crippen LogP) is 2.78. The molecule has 0 aliphatic heterocycles. The highest BCUT2D eigenvalue weighted by Gasteiger charge is 2.21. The molecule has 0 radical (unpaired) electrons. The molecule has 0 rings (SSSR count). The third-order valence-electron chi connectivity index (χ3n) is 3.59. The van der Waals surface area contributed by atoms with Gasteiger partial charge in [0.2, 0.25) is 0 Å². The van der Waals surface area contributed by atoms with E-state index in [1.165, 1.54) is 12.8 Å². The summed E-state index contributed by atoms with van der Waals surface area (Å²) in [5, 5.41) is 12.4. The zero-order valence-electron chi connectivity index (χ0n) is 12.2. The van der Waals surface area contributed by atoms with Crippen LogP contribution in [-0.4, -0.2) is 36.6 Å². The second kappa shape index (κ2) is 8.49. The number of hydrogen-bond donors (Lipinski definition) is 1. The SMILES string of the molecule is CCNC(C)(C#N)CCCCN(C)C(C)CC. The van der Waals surface area contributed by atoms with Crippen molar-refractivity contribution in [3.63, 3.8) is 0 Å². The summed E-state index contributed by atoms with van der Waals surface area (Å²) in [6, 6.07) is 3.04. The van der Waals surface area contributed by atoms with Gasteiger partial charge in [-0.25, -0.2) is 0 Å². The van der Waals surface area contributed by atoms with Crippen molar-refractivity contribution in [1.82, 2.24) is 10.2 Å². The van der Waals surface area contributed by atoms with Gasteiger partial charge in [0.1, 0.15) is 5.54 Å². The molecule has 0 amide bonds. The maximum Gasteiger partial charge on any atom is 0.103 e. The van der Waals surface area contributed by atoms with E-state index in [-0.39, 0.29) is 5.54 Å². The average Bonchev–Trinajstić information content (AvgIpc) is 2.33. The topological polar surface area (TPSA) is 39.1 Å². The quantitative estimate of drug-likeness (QED) is 0.629. The molecule has 3 nitrogen and oxygen atoms in total. The fourth-order valence-electron chi connectivity index (χ4n) is 1.95. The molecule has 100 valence electrons. The molecule has 0 aliphatic carbocycles. The second-order valence-electron chi connectivity index (χ2n) is 5.17. The van der Waals surface area contributed by atoms with Crippen LogP contribution in [0.1, 0.15) is 53.4 Å². The first-order valence-corrected chi connectivity index (χ1v) is 6.85. The first-order chi connectivity index (χ1) is 7.99. The molecule has 0 spiro atoms. The minimum atomic E-state index is -0.344. The van der Waals surface area contributed by atoms with E-state index in [4.69, 9.17) is 5.26 Å². The van der Waals surface area contributed by atoms with Crippen molar-refractivity contribution in [2.24, 2.45) is 0 Å². The van der Waals surface area contributed by atoms with E-state index in [0.717, 1.165) is 25.9 Å². The molecule has 0 heterocycles. The Hall–Kier alpha value is -0.590. The van der Waals surface area contributed by atoms with Crippen LogP contribution in [0.5, 0.6) is 0 Å². The lowest BCUT2D eigenvalue weighted by Gasteiger charge is -2.25. The summed E-state index contributed by atoms with van der Waals surface area (Å²) in [6.07, 6.45) is 4.41. The number of nitrogens with zero attached hydrogens (tertiary/aromatic N) is 2. The van der Waals surface area contributed by atoms with Crippen molar-refractivity contribution < 1.29 is 0 Å². The lowest BCUT2D eigenvalue weighted by atomic mass is 9.96. The van der Waals surface area contributed by atoms with Crippen LogP contribution >= 0.6 is 0 Å². The first-order valence-electron chi connectivity index (χ1n) is 6.85. The maximum absolute atomic E-state index is 9.13. The van der Waals surface area contributed by atoms with E-state index >= 15 is 0 Å². The van der Waals surface area contributed by atoms with E-state index in [2.05, 4.69) is 37.2 Å². The van der Waals surface area contributed by atoms with Crippen molar-refractivity contribution in [3.05, 3.63) is 0 Å². The van der Waals surface area contributed by atoms with E-state index in [0.29, 0.717) is 6.04 Å². The molecule has 0 aromatic rings. The van der Waals surface area contributed by atoms with Crippen LogP contribution in [0.3, 0.4) is 0 Å². The highest BCUT2D eigenvalue weighted by molar-refractivity contribution is 5.03. The second-order valence-corrected chi connectivity index (χ2v) is 5.17. The lowest BCUT2D eigenvalue weighted by Crippen LogP contribution is -2.40. The van der Waals surface area contributed by atoms with Crippen LogP contribution < -0.4 is 5.32 Å². The van der Waals surface area contributed by atoms with Gasteiger partial charge in [0, 0.05) is 6.04 Å². The molecule has 0 saturated carbocycles. The summed E-state index contributed by atoms with van der Waals surface area (Å²) in [5.41, 5.74) is -0.344. The predicted molar refractivity (Wildman–Crippen MR) is 73.9 cm³/mol. The average molecular weight is 239 g/mol. The number of nitrogens with one attached hydrogen (secondary N) is 1. The van der Waals surface area contributed by atoms with Crippen molar-refractivity contribution in [3.8, 4) is 6.07 Å². The Morgan fingerprint density at radius 3 is 2.47 bits per heavy atom. The van der Waals surface area contributed by atoms with Crippen LogP contribution in [0.15, 0.2) is 0 Å². The minimum Gasteiger partial charge on any atom is -0.304 e. The van der Waals surface area contributed by atoms with Crippen molar-refractivity contribution in [2.45, 2.75) is 65.0 Å². The maximum atomic E-state index is 9.13. The fraction of sp³-hybridized carbons (Fsp3) is 0.929. The highest BCUT2D eigenvalue weighted by Crippen LogP contribution is 2.13. The Balaban J connectivity index is 3.80. The monoisotopic (exact) mass is 239 g/mol. The molecular formula is C14H29N3. The molecule has 2 unspecified atom stereocenters. The van der Waals surface area contributed by atoms with Crippen molar-refractivity contribution >= 4 is 0 Å². The number of hydrogen-bond acceptors (Lipinski definition) is 3. The third kappa shape index (κ3) is 6.65. The van der Waals surface area contributed by atoms with Gasteiger partial charge in [-0.2, -0.15) is 5.26 Å². The summed E-state index contributed by atoms with van der Waals surface area (Å²) in [7, 11) is 2.18. The lowest BCUT2D eigenvalue weighted by molar-refractivity contribution is 0.243. The van der Waals surface area contributed by atoms with E-state index in [9.17, 15) is 0 Å². The molecule has 0 aliphatic rings. The van der Waals surface area contributed by atoms with Crippen LogP contribution in [0.4, 0.5) is 0 Å². The fourth-order valence-corrected chi connectivity index (χ4v) is 1.95. The molecule has 0 aromatic heterocycles. The van der Waals surface area contributed by atoms with Gasteiger partial charge in [-0.05, 0) is 59.7 Å². The summed E-state index contributed by atoms with van der Waals surface area (Å²) in [5.74, 6) is 0. The van der Waals surface area contributed by atoms with Gasteiger partial charge in [-0.15, -0.1) is 0 Å². The van der Waals surface area contributed by atoms with E-state index in [1.54, 1.807) is 0 Å². The number of rotatable bonds is 9. The van der Waals surface area contributed by atoms with Crippen LogP contribution in [0.25, 0.3) is 0 Å². The van der Waals surface area contributed by atoms with Gasteiger partial charge in [-0.1, -0.05) is 13.8 Å². The largest absolute Gasteiger partial charge is 0.304 e. The molecule has 0 saturated heterocycles. The van der Waals surface area contributed by atoms with E-state index in [1.807, 2.05) is 13.8 Å².